The van der Waals surface area contributed by atoms with E-state index in [1.165, 1.54) is 29.5 Å². The van der Waals surface area contributed by atoms with E-state index in [9.17, 15) is 0 Å². The van der Waals surface area contributed by atoms with E-state index in [0.717, 1.165) is 5.92 Å². The second-order valence-electron chi connectivity index (χ2n) is 5.55. The van der Waals surface area contributed by atoms with Crippen molar-refractivity contribution in [2.75, 3.05) is 0 Å². The molecule has 0 saturated heterocycles. The summed E-state index contributed by atoms with van der Waals surface area (Å²) in [7, 11) is 0. The maximum Gasteiger partial charge on any atom is 0.0173 e. The zero-order valence-electron chi connectivity index (χ0n) is 10.3. The standard InChI is InChI=1S/C18H16/c1-3-7-14(8-4-1)15-11-17-13-18(17,12-15)16-9-5-2-6-10-16/h1-10,12,17H,11,13H2/t17-,18+/m1/s1. The van der Waals surface area contributed by atoms with E-state index in [4.69, 9.17) is 0 Å². The van der Waals surface area contributed by atoms with E-state index in [1.54, 1.807) is 0 Å². The smallest absolute Gasteiger partial charge is 0.0173 e. The highest BCUT2D eigenvalue weighted by atomic mass is 14.6. The Morgan fingerprint density at radius 1 is 0.833 bits per heavy atom. The van der Waals surface area contributed by atoms with Gasteiger partial charge >= 0.3 is 0 Å². The van der Waals surface area contributed by atoms with Gasteiger partial charge in [-0.2, -0.15) is 0 Å². The monoisotopic (exact) mass is 232 g/mol. The molecule has 0 radical (unpaired) electrons. The van der Waals surface area contributed by atoms with Gasteiger partial charge in [-0.3, -0.25) is 0 Å². The van der Waals surface area contributed by atoms with Crippen molar-refractivity contribution >= 4 is 5.57 Å². The third-order valence-corrected chi connectivity index (χ3v) is 4.51. The molecule has 1 fully saturated rings. The van der Waals surface area contributed by atoms with E-state index in [-0.39, 0.29) is 0 Å². The first-order valence-corrected chi connectivity index (χ1v) is 6.71. The molecular weight excluding hydrogens is 216 g/mol. The molecule has 0 nitrogen and oxygen atoms in total. The SMILES string of the molecule is C1=C(c2ccccc2)C[C@@H]2C[C@]12c1ccccc1. The molecule has 2 aliphatic carbocycles. The third-order valence-electron chi connectivity index (χ3n) is 4.51. The van der Waals surface area contributed by atoms with Gasteiger partial charge in [0.2, 0.25) is 0 Å². The lowest BCUT2D eigenvalue weighted by Crippen LogP contribution is -2.02. The quantitative estimate of drug-likeness (QED) is 0.718. The Labute approximate surface area is 108 Å². The van der Waals surface area contributed by atoms with E-state index in [1.807, 2.05) is 0 Å². The molecule has 0 heterocycles. The van der Waals surface area contributed by atoms with Crippen LogP contribution in [0.15, 0.2) is 66.7 Å². The van der Waals surface area contributed by atoms with Gasteiger partial charge in [-0.05, 0) is 35.5 Å². The second-order valence-corrected chi connectivity index (χ2v) is 5.55. The van der Waals surface area contributed by atoms with Crippen LogP contribution in [0.25, 0.3) is 5.57 Å². The number of rotatable bonds is 2. The Morgan fingerprint density at radius 3 is 2.22 bits per heavy atom. The van der Waals surface area contributed by atoms with Gasteiger partial charge < -0.3 is 0 Å². The van der Waals surface area contributed by atoms with Crippen molar-refractivity contribution in [3.8, 4) is 0 Å². The highest BCUT2D eigenvalue weighted by molar-refractivity contribution is 5.73. The number of allylic oxidation sites excluding steroid dienone is 2. The van der Waals surface area contributed by atoms with Crippen LogP contribution in [-0.2, 0) is 5.41 Å². The first-order chi connectivity index (χ1) is 8.88. The number of fused-ring (bicyclic) bond motifs is 1. The third kappa shape index (κ3) is 1.38. The highest BCUT2D eigenvalue weighted by Gasteiger charge is 2.57. The molecule has 88 valence electrons. The molecule has 2 aromatic rings. The van der Waals surface area contributed by atoms with E-state index < -0.39 is 0 Å². The lowest BCUT2D eigenvalue weighted by Gasteiger charge is -2.09. The van der Waals surface area contributed by atoms with Crippen LogP contribution in [0.5, 0.6) is 0 Å². The Morgan fingerprint density at radius 2 is 1.50 bits per heavy atom. The lowest BCUT2D eigenvalue weighted by atomic mass is 9.95. The summed E-state index contributed by atoms with van der Waals surface area (Å²) in [6.07, 6.45) is 5.12. The van der Waals surface area contributed by atoms with Crippen LogP contribution in [0.4, 0.5) is 0 Å². The normalized spacial score (nSPS) is 28.7. The molecule has 0 unspecified atom stereocenters. The second kappa shape index (κ2) is 3.58. The minimum atomic E-state index is 0.367. The van der Waals surface area contributed by atoms with Gasteiger partial charge in [-0.15, -0.1) is 0 Å². The Hall–Kier alpha value is -1.82. The van der Waals surface area contributed by atoms with E-state index in [2.05, 4.69) is 66.7 Å². The topological polar surface area (TPSA) is 0 Å². The van der Waals surface area contributed by atoms with Crippen LogP contribution < -0.4 is 0 Å². The van der Waals surface area contributed by atoms with Crippen LogP contribution in [-0.4, -0.2) is 0 Å². The maximum atomic E-state index is 2.53. The number of hydrogen-bond acceptors (Lipinski definition) is 0. The van der Waals surface area contributed by atoms with Gasteiger partial charge in [0.1, 0.15) is 0 Å². The molecule has 0 bridgehead atoms. The summed E-state index contributed by atoms with van der Waals surface area (Å²) < 4.78 is 0. The summed E-state index contributed by atoms with van der Waals surface area (Å²) >= 11 is 0. The minimum absolute atomic E-state index is 0.367. The van der Waals surface area contributed by atoms with Gasteiger partial charge in [0.05, 0.1) is 0 Å². The molecule has 2 atom stereocenters. The largest absolute Gasteiger partial charge is 0.0698 e. The van der Waals surface area contributed by atoms with Gasteiger partial charge in [0.15, 0.2) is 0 Å². The number of hydrogen-bond donors (Lipinski definition) is 0. The van der Waals surface area contributed by atoms with Crippen molar-refractivity contribution in [2.24, 2.45) is 5.92 Å². The van der Waals surface area contributed by atoms with Crippen molar-refractivity contribution in [3.05, 3.63) is 77.9 Å². The zero-order chi connectivity index (χ0) is 12.0. The van der Waals surface area contributed by atoms with Crippen LogP contribution in [0.2, 0.25) is 0 Å². The molecule has 4 rings (SSSR count). The molecule has 0 aromatic heterocycles. The minimum Gasteiger partial charge on any atom is -0.0698 e. The molecule has 2 aliphatic rings. The zero-order valence-corrected chi connectivity index (χ0v) is 10.3. The predicted molar refractivity (Wildman–Crippen MR) is 75.3 cm³/mol. The first-order valence-electron chi connectivity index (χ1n) is 6.71. The average molecular weight is 232 g/mol. The molecule has 2 aromatic carbocycles. The molecule has 18 heavy (non-hydrogen) atoms. The fourth-order valence-corrected chi connectivity index (χ4v) is 3.45. The predicted octanol–water partition coefficient (Wildman–Crippen LogP) is 4.43. The van der Waals surface area contributed by atoms with E-state index >= 15 is 0 Å². The summed E-state index contributed by atoms with van der Waals surface area (Å²) in [5.41, 5.74) is 4.81. The fraction of sp³-hybridized carbons (Fsp3) is 0.222. The summed E-state index contributed by atoms with van der Waals surface area (Å²) in [5.74, 6) is 0.843. The van der Waals surface area contributed by atoms with Crippen molar-refractivity contribution < 1.29 is 0 Å². The molecule has 0 amide bonds. The Kier molecular flexibility index (Phi) is 2.02. The van der Waals surface area contributed by atoms with Crippen molar-refractivity contribution in [1.82, 2.24) is 0 Å². The van der Waals surface area contributed by atoms with Crippen LogP contribution >= 0.6 is 0 Å². The van der Waals surface area contributed by atoms with Crippen molar-refractivity contribution in [2.45, 2.75) is 18.3 Å². The Bertz CT molecular complexity index is 594. The van der Waals surface area contributed by atoms with Crippen LogP contribution in [0.1, 0.15) is 24.0 Å². The molecule has 0 aliphatic heterocycles. The van der Waals surface area contributed by atoms with Gasteiger partial charge in [0, 0.05) is 5.41 Å². The van der Waals surface area contributed by atoms with Crippen molar-refractivity contribution in [3.63, 3.8) is 0 Å². The van der Waals surface area contributed by atoms with Crippen LogP contribution in [0, 0.1) is 5.92 Å². The van der Waals surface area contributed by atoms with E-state index in [0.29, 0.717) is 5.41 Å². The van der Waals surface area contributed by atoms with Gasteiger partial charge in [-0.25, -0.2) is 0 Å². The van der Waals surface area contributed by atoms with Crippen molar-refractivity contribution in [1.29, 1.82) is 0 Å². The Balaban J connectivity index is 1.74. The average Bonchev–Trinajstić information content (AvgIpc) is 3.03. The summed E-state index contributed by atoms with van der Waals surface area (Å²) in [4.78, 5) is 0. The van der Waals surface area contributed by atoms with Gasteiger partial charge in [-0.1, -0.05) is 66.7 Å². The molecule has 0 heteroatoms. The summed E-state index contributed by atoms with van der Waals surface area (Å²) in [5, 5.41) is 0. The maximum absolute atomic E-state index is 2.53. The molecular formula is C18H16. The summed E-state index contributed by atoms with van der Waals surface area (Å²) in [6, 6.07) is 21.8. The van der Waals surface area contributed by atoms with Gasteiger partial charge in [0.25, 0.3) is 0 Å². The molecule has 0 N–H and O–H groups in total. The number of benzene rings is 2. The fourth-order valence-electron chi connectivity index (χ4n) is 3.45. The van der Waals surface area contributed by atoms with Crippen LogP contribution in [0.3, 0.4) is 0 Å². The highest BCUT2D eigenvalue weighted by Crippen LogP contribution is 2.64. The molecule has 1 saturated carbocycles. The lowest BCUT2D eigenvalue weighted by molar-refractivity contribution is 0.777. The first kappa shape index (κ1) is 10.1. The summed E-state index contributed by atoms with van der Waals surface area (Å²) in [6.45, 7) is 0. The molecule has 0 spiro atoms.